The van der Waals surface area contributed by atoms with Gasteiger partial charge in [0, 0.05) is 5.56 Å². The van der Waals surface area contributed by atoms with Gasteiger partial charge in [0.15, 0.2) is 0 Å². The van der Waals surface area contributed by atoms with E-state index in [9.17, 15) is 9.79 Å². The van der Waals surface area contributed by atoms with Crippen molar-refractivity contribution >= 4 is 8.60 Å². The van der Waals surface area contributed by atoms with Crippen molar-refractivity contribution in [3.63, 3.8) is 0 Å². The van der Waals surface area contributed by atoms with E-state index >= 15 is 0 Å². The fraction of sp³-hybridized carbons (Fsp3) is 0.838. The summed E-state index contributed by atoms with van der Waals surface area (Å²) in [4.78, 5) is 19.3. The minimum Gasteiger partial charge on any atom is -0.427 e. The molecule has 1 aromatic rings. The van der Waals surface area contributed by atoms with Crippen LogP contribution in [0.15, 0.2) is 18.2 Å². The molecule has 0 radical (unpaired) electrons. The zero-order valence-electron chi connectivity index (χ0n) is 27.9. The van der Waals surface area contributed by atoms with Gasteiger partial charge in [0.2, 0.25) is 0 Å². The van der Waals surface area contributed by atoms with Gasteiger partial charge in [0.1, 0.15) is 5.75 Å². The minimum absolute atomic E-state index is 0.0479. The van der Waals surface area contributed by atoms with E-state index in [2.05, 4.69) is 45.9 Å². The van der Waals surface area contributed by atoms with Crippen LogP contribution in [0.1, 0.15) is 199 Å². The highest BCUT2D eigenvalue weighted by Crippen LogP contribution is 2.41. The summed E-state index contributed by atoms with van der Waals surface area (Å²) >= 11 is 0. The molecule has 0 heterocycles. The quantitative estimate of drug-likeness (QED) is 0.0718. The highest BCUT2D eigenvalue weighted by molar-refractivity contribution is 7.39. The highest BCUT2D eigenvalue weighted by Gasteiger charge is 2.25. The van der Waals surface area contributed by atoms with Crippen molar-refractivity contribution < 1.29 is 14.3 Å². The lowest BCUT2D eigenvalue weighted by atomic mass is 9.79. The monoisotopic (exact) mass is 592 g/mol. The van der Waals surface area contributed by atoms with E-state index < -0.39 is 8.60 Å². The Balaban J connectivity index is 2.31. The van der Waals surface area contributed by atoms with Crippen molar-refractivity contribution in [1.82, 2.24) is 0 Å². The molecule has 0 saturated heterocycles. The zero-order valence-corrected chi connectivity index (χ0v) is 28.8. The molecular formula is C37H69O3P. The Hall–Kier alpha value is -0.630. The molecule has 0 atom stereocenters. The number of hydrogen-bond acceptors (Lipinski definition) is 3. The smallest absolute Gasteiger partial charge is 0.391 e. The molecule has 0 fully saturated rings. The molecule has 0 aliphatic heterocycles. The maximum absolute atomic E-state index is 9.66. The van der Waals surface area contributed by atoms with Crippen molar-refractivity contribution in [2.75, 3.05) is 0 Å². The van der Waals surface area contributed by atoms with Crippen LogP contribution in [0.5, 0.6) is 5.75 Å². The van der Waals surface area contributed by atoms with Gasteiger partial charge in [-0.2, -0.15) is 0 Å². The molecule has 1 aromatic carbocycles. The molecule has 2 N–H and O–H groups in total. The predicted molar refractivity (Wildman–Crippen MR) is 182 cm³/mol. The molecule has 1 rings (SSSR count). The van der Waals surface area contributed by atoms with Crippen LogP contribution in [-0.2, 0) is 11.8 Å². The first-order valence-electron chi connectivity index (χ1n) is 17.9. The Morgan fingerprint density at radius 2 is 0.951 bits per heavy atom. The lowest BCUT2D eigenvalue weighted by molar-refractivity contribution is 0.364. The predicted octanol–water partition coefficient (Wildman–Crippen LogP) is 12.9. The molecule has 0 aromatic heterocycles. The van der Waals surface area contributed by atoms with Gasteiger partial charge in [-0.05, 0) is 36.3 Å². The largest absolute Gasteiger partial charge is 0.427 e. The van der Waals surface area contributed by atoms with Crippen LogP contribution in [0.4, 0.5) is 0 Å². The number of hydrogen-bond donors (Lipinski definition) is 2. The van der Waals surface area contributed by atoms with E-state index in [0.29, 0.717) is 5.75 Å². The van der Waals surface area contributed by atoms with Gasteiger partial charge < -0.3 is 14.3 Å². The Kier molecular flexibility index (Phi) is 24.2. The molecule has 0 spiro atoms. The van der Waals surface area contributed by atoms with Crippen molar-refractivity contribution in [1.29, 1.82) is 0 Å². The van der Waals surface area contributed by atoms with Crippen molar-refractivity contribution in [3.05, 3.63) is 29.3 Å². The number of benzene rings is 1. The summed E-state index contributed by atoms with van der Waals surface area (Å²) in [6, 6.07) is 6.49. The normalized spacial score (nSPS) is 12.0. The van der Waals surface area contributed by atoms with E-state index in [4.69, 9.17) is 4.52 Å². The minimum atomic E-state index is -2.41. The van der Waals surface area contributed by atoms with Crippen LogP contribution in [0.2, 0.25) is 0 Å². The SMILES string of the molecule is CCCCCCCCCCCCCCc1ccc(C(C)(C)CCCCCCCCCCCCCC)c(OP(O)O)c1. The van der Waals surface area contributed by atoms with Gasteiger partial charge in [-0.25, -0.2) is 0 Å². The molecule has 0 unspecified atom stereocenters. The maximum Gasteiger partial charge on any atom is 0.391 e. The molecule has 0 amide bonds. The second-order valence-electron chi connectivity index (χ2n) is 13.3. The number of aryl methyl sites for hydroxylation is 1. The third-order valence-corrected chi connectivity index (χ3v) is 9.29. The summed E-state index contributed by atoms with van der Waals surface area (Å²) < 4.78 is 5.57. The topological polar surface area (TPSA) is 49.7 Å². The van der Waals surface area contributed by atoms with E-state index in [1.54, 1.807) is 0 Å². The average molecular weight is 593 g/mol. The van der Waals surface area contributed by atoms with E-state index in [0.717, 1.165) is 18.4 Å². The lowest BCUT2D eigenvalue weighted by Gasteiger charge is -2.28. The Morgan fingerprint density at radius 1 is 0.561 bits per heavy atom. The Bertz CT molecular complexity index is 718. The maximum atomic E-state index is 9.66. The molecule has 0 aliphatic rings. The molecule has 4 heteroatoms. The fourth-order valence-electron chi connectivity index (χ4n) is 6.16. The van der Waals surface area contributed by atoms with Gasteiger partial charge in [-0.3, -0.25) is 0 Å². The van der Waals surface area contributed by atoms with E-state index in [-0.39, 0.29) is 5.41 Å². The summed E-state index contributed by atoms with van der Waals surface area (Å²) in [5.74, 6) is 0.668. The van der Waals surface area contributed by atoms with Crippen LogP contribution >= 0.6 is 8.60 Å². The molecule has 41 heavy (non-hydrogen) atoms. The summed E-state index contributed by atoms with van der Waals surface area (Å²) in [6.07, 6.45) is 34.8. The summed E-state index contributed by atoms with van der Waals surface area (Å²) in [5, 5.41) is 0. The van der Waals surface area contributed by atoms with Gasteiger partial charge in [0.25, 0.3) is 0 Å². The molecule has 3 nitrogen and oxygen atoms in total. The standard InChI is InChI=1S/C37H69O3P/c1-5-7-9-11-13-15-17-19-21-23-25-27-29-34-30-31-35(36(33-34)40-41(38)39)37(3,4)32-28-26-24-22-20-18-16-14-12-10-8-6-2/h30-31,33,38-39H,5-29,32H2,1-4H3. The van der Waals surface area contributed by atoms with Gasteiger partial charge in [-0.1, -0.05) is 188 Å². The second kappa shape index (κ2) is 25.8. The third kappa shape index (κ3) is 20.8. The molecule has 0 saturated carbocycles. The van der Waals surface area contributed by atoms with Crippen molar-refractivity contribution in [2.24, 2.45) is 0 Å². The van der Waals surface area contributed by atoms with Crippen molar-refractivity contribution in [2.45, 2.75) is 200 Å². The van der Waals surface area contributed by atoms with E-state index in [1.165, 1.54) is 160 Å². The molecule has 240 valence electrons. The van der Waals surface area contributed by atoms with Gasteiger partial charge in [0.05, 0.1) is 0 Å². The van der Waals surface area contributed by atoms with Crippen LogP contribution in [0.25, 0.3) is 0 Å². The number of rotatable bonds is 29. The Labute approximate surface area is 257 Å². The second-order valence-corrected chi connectivity index (χ2v) is 14.0. The molecule has 0 aliphatic carbocycles. The van der Waals surface area contributed by atoms with Crippen LogP contribution < -0.4 is 4.52 Å². The third-order valence-electron chi connectivity index (χ3n) is 8.93. The van der Waals surface area contributed by atoms with Crippen LogP contribution in [0.3, 0.4) is 0 Å². The molecular weight excluding hydrogens is 523 g/mol. The Morgan fingerprint density at radius 3 is 1.37 bits per heavy atom. The first-order valence-corrected chi connectivity index (χ1v) is 19.1. The summed E-state index contributed by atoms with van der Waals surface area (Å²) in [5.41, 5.74) is 2.30. The van der Waals surface area contributed by atoms with Gasteiger partial charge >= 0.3 is 8.60 Å². The highest BCUT2D eigenvalue weighted by atomic mass is 31.2. The van der Waals surface area contributed by atoms with E-state index in [1.807, 2.05) is 0 Å². The lowest BCUT2D eigenvalue weighted by Crippen LogP contribution is -2.18. The summed E-state index contributed by atoms with van der Waals surface area (Å²) in [6.45, 7) is 9.11. The zero-order chi connectivity index (χ0) is 30.0. The first kappa shape index (κ1) is 38.4. The van der Waals surface area contributed by atoms with Crippen molar-refractivity contribution in [3.8, 4) is 5.75 Å². The number of unbranched alkanes of at least 4 members (excludes halogenated alkanes) is 22. The fourth-order valence-corrected chi connectivity index (χ4v) is 6.48. The van der Waals surface area contributed by atoms with Gasteiger partial charge in [-0.15, -0.1) is 0 Å². The molecule has 0 bridgehead atoms. The van der Waals surface area contributed by atoms with Crippen LogP contribution in [-0.4, -0.2) is 9.79 Å². The summed E-state index contributed by atoms with van der Waals surface area (Å²) in [7, 11) is -2.41. The van der Waals surface area contributed by atoms with Crippen LogP contribution in [0, 0.1) is 0 Å². The average Bonchev–Trinajstić information content (AvgIpc) is 2.94. The first-order chi connectivity index (χ1) is 19.9.